The van der Waals surface area contributed by atoms with Crippen LogP contribution >= 0.6 is 11.8 Å². The number of hydrogen-bond acceptors (Lipinski definition) is 7. The van der Waals surface area contributed by atoms with E-state index >= 15 is 0 Å². The van der Waals surface area contributed by atoms with Crippen molar-refractivity contribution in [1.82, 2.24) is 10.2 Å². The quantitative estimate of drug-likeness (QED) is 0.667. The third kappa shape index (κ3) is 5.36. The number of carbonyl (C=O) groups excluding carboxylic acids is 2. The van der Waals surface area contributed by atoms with Crippen LogP contribution in [0.15, 0.2) is 28.9 Å². The molecule has 1 aliphatic rings. The summed E-state index contributed by atoms with van der Waals surface area (Å²) in [7, 11) is 0. The summed E-state index contributed by atoms with van der Waals surface area (Å²) in [5, 5.41) is 9.81. The normalized spacial score (nSPS) is 15.0. The zero-order chi connectivity index (χ0) is 21.0. The Bertz CT molecular complexity index is 855. The number of thioether (sulfide) groups is 1. The van der Waals surface area contributed by atoms with E-state index in [4.69, 9.17) is 4.52 Å². The number of carbonyl (C=O) groups is 2. The molecule has 0 aliphatic carbocycles. The lowest BCUT2D eigenvalue weighted by atomic mass is 10.0. The lowest BCUT2D eigenvalue weighted by molar-refractivity contribution is -0.759. The molecule has 0 bridgehead atoms. The van der Waals surface area contributed by atoms with Gasteiger partial charge >= 0.3 is 0 Å². The fourth-order valence-corrected chi connectivity index (χ4v) is 4.12. The average molecular weight is 418 g/mol. The Kier molecular flexibility index (Phi) is 6.92. The Morgan fingerprint density at radius 1 is 1.21 bits per heavy atom. The maximum Gasteiger partial charge on any atom is 0.257 e. The minimum absolute atomic E-state index is 0.0413. The van der Waals surface area contributed by atoms with Gasteiger partial charge in [0.25, 0.3) is 6.20 Å². The molecule has 0 radical (unpaired) electrons. The van der Waals surface area contributed by atoms with Crippen molar-refractivity contribution in [2.75, 3.05) is 36.9 Å². The van der Waals surface area contributed by atoms with E-state index in [-0.39, 0.29) is 16.8 Å². The highest BCUT2D eigenvalue weighted by molar-refractivity contribution is 8.14. The molecule has 1 saturated heterocycles. The minimum atomic E-state index is -0.428. The molecule has 9 heteroatoms. The van der Waals surface area contributed by atoms with Crippen molar-refractivity contribution >= 4 is 28.7 Å². The first-order valence-corrected chi connectivity index (χ1v) is 10.7. The number of benzene rings is 1. The number of aryl methyl sites for hydroxylation is 2. The summed E-state index contributed by atoms with van der Waals surface area (Å²) in [6.45, 7) is 11.7. The third-order valence-electron chi connectivity index (χ3n) is 5.00. The Labute approximate surface area is 175 Å². The molecule has 0 unspecified atom stereocenters. The van der Waals surface area contributed by atoms with Gasteiger partial charge in [-0.25, -0.2) is 0 Å². The molecule has 0 atom stereocenters. The van der Waals surface area contributed by atoms with Crippen LogP contribution in [0.3, 0.4) is 0 Å². The van der Waals surface area contributed by atoms with Crippen LogP contribution in [0.25, 0.3) is 5.32 Å². The SMILES string of the molecule is Cc1cccc(C)c1C(=O)SCC(=O)[N-]c1c[n+](N2CCN(C(C)C)CC2)no1. The molecule has 1 amide bonds. The standard InChI is InChI=1S/C20H27N5O3S/c1-14(2)23-8-10-24(11-9-23)25-12-18(28-22-25)21-17(26)13-29-20(27)19-15(3)6-5-7-16(19)4/h5-7,12,14H,8-11,13H2,1-4H3. The van der Waals surface area contributed by atoms with Crippen LogP contribution < -0.4 is 9.80 Å². The fraction of sp³-hybridized carbons (Fsp3) is 0.500. The lowest BCUT2D eigenvalue weighted by Crippen LogP contribution is -2.65. The van der Waals surface area contributed by atoms with E-state index in [1.54, 1.807) is 11.0 Å². The molecule has 29 heavy (non-hydrogen) atoms. The predicted molar refractivity (Wildman–Crippen MR) is 112 cm³/mol. The Morgan fingerprint density at radius 3 is 2.48 bits per heavy atom. The number of piperazine rings is 1. The van der Waals surface area contributed by atoms with Crippen molar-refractivity contribution < 1.29 is 18.9 Å². The Balaban J connectivity index is 1.50. The van der Waals surface area contributed by atoms with Crippen LogP contribution in [0.1, 0.15) is 35.3 Å². The predicted octanol–water partition coefficient (Wildman–Crippen LogP) is 2.35. The molecular formula is C20H27N5O3S. The number of rotatable bonds is 6. The molecule has 0 N–H and O–H groups in total. The van der Waals surface area contributed by atoms with Crippen LogP contribution in [0.4, 0.5) is 5.88 Å². The zero-order valence-corrected chi connectivity index (χ0v) is 18.1. The summed E-state index contributed by atoms with van der Waals surface area (Å²) in [4.78, 5) is 28.6. The molecule has 1 aliphatic heterocycles. The number of nitrogens with zero attached hydrogens (tertiary/aromatic N) is 5. The summed E-state index contributed by atoms with van der Waals surface area (Å²) in [6, 6.07) is 6.21. The van der Waals surface area contributed by atoms with Gasteiger partial charge in [0, 0.05) is 30.4 Å². The molecule has 0 saturated carbocycles. The van der Waals surface area contributed by atoms with Crippen molar-refractivity contribution in [3.8, 4) is 0 Å². The van der Waals surface area contributed by atoms with E-state index in [0.29, 0.717) is 11.6 Å². The summed E-state index contributed by atoms with van der Waals surface area (Å²) in [5.74, 6) is -0.329. The summed E-state index contributed by atoms with van der Waals surface area (Å²) in [6.07, 6.45) is 1.60. The second kappa shape index (κ2) is 9.41. The van der Waals surface area contributed by atoms with Crippen molar-refractivity contribution in [1.29, 1.82) is 0 Å². The number of amides is 1. The molecule has 0 spiro atoms. The number of aromatic nitrogens is 2. The van der Waals surface area contributed by atoms with Gasteiger partial charge in [0.2, 0.25) is 10.4 Å². The molecule has 1 aromatic carbocycles. The van der Waals surface area contributed by atoms with Gasteiger partial charge in [-0.2, -0.15) is 5.01 Å². The second-order valence-electron chi connectivity index (χ2n) is 7.39. The van der Waals surface area contributed by atoms with Gasteiger partial charge in [-0.1, -0.05) is 30.0 Å². The smallest absolute Gasteiger partial charge is 0.257 e. The van der Waals surface area contributed by atoms with Crippen LogP contribution in [0.5, 0.6) is 0 Å². The fourth-order valence-electron chi connectivity index (χ4n) is 3.34. The molecule has 1 aromatic heterocycles. The summed E-state index contributed by atoms with van der Waals surface area (Å²) in [5.41, 5.74) is 2.46. The Hall–Kier alpha value is -2.39. The zero-order valence-electron chi connectivity index (χ0n) is 17.3. The molecule has 2 heterocycles. The summed E-state index contributed by atoms with van der Waals surface area (Å²) < 4.78 is 5.17. The average Bonchev–Trinajstić information content (AvgIpc) is 3.14. The van der Waals surface area contributed by atoms with Gasteiger partial charge in [-0.05, 0) is 38.8 Å². The number of hydrogen-bond donors (Lipinski definition) is 0. The highest BCUT2D eigenvalue weighted by Crippen LogP contribution is 2.22. The molecule has 156 valence electrons. The van der Waals surface area contributed by atoms with Gasteiger partial charge in [-0.15, -0.1) is 0 Å². The van der Waals surface area contributed by atoms with Crippen molar-refractivity contribution in [2.24, 2.45) is 0 Å². The van der Waals surface area contributed by atoms with Crippen LogP contribution in [0, 0.1) is 13.8 Å². The van der Waals surface area contributed by atoms with Gasteiger partial charge in [-0.3, -0.25) is 9.69 Å². The van der Waals surface area contributed by atoms with E-state index in [0.717, 1.165) is 49.1 Å². The molecule has 8 nitrogen and oxygen atoms in total. The monoisotopic (exact) mass is 417 g/mol. The van der Waals surface area contributed by atoms with E-state index < -0.39 is 5.91 Å². The molecular weight excluding hydrogens is 390 g/mol. The molecule has 1 fully saturated rings. The van der Waals surface area contributed by atoms with Crippen molar-refractivity contribution in [3.63, 3.8) is 0 Å². The van der Waals surface area contributed by atoms with Gasteiger partial charge in [0.15, 0.2) is 0 Å². The van der Waals surface area contributed by atoms with E-state index in [2.05, 4.69) is 29.3 Å². The maximum absolute atomic E-state index is 12.4. The van der Waals surface area contributed by atoms with Crippen LogP contribution in [0.2, 0.25) is 0 Å². The van der Waals surface area contributed by atoms with E-state index in [9.17, 15) is 9.59 Å². The first-order valence-electron chi connectivity index (χ1n) is 9.71. The largest absolute Gasteiger partial charge is 0.588 e. The van der Waals surface area contributed by atoms with Crippen molar-refractivity contribution in [2.45, 2.75) is 33.7 Å². The van der Waals surface area contributed by atoms with Gasteiger partial charge in [0.05, 0.1) is 23.8 Å². The first-order chi connectivity index (χ1) is 13.8. The lowest BCUT2D eigenvalue weighted by Gasteiger charge is -2.32. The van der Waals surface area contributed by atoms with E-state index in [1.165, 1.54) is 0 Å². The van der Waals surface area contributed by atoms with Crippen molar-refractivity contribution in [3.05, 3.63) is 46.4 Å². The highest BCUT2D eigenvalue weighted by atomic mass is 32.2. The third-order valence-corrected chi connectivity index (χ3v) is 5.86. The van der Waals surface area contributed by atoms with Crippen LogP contribution in [-0.2, 0) is 4.79 Å². The van der Waals surface area contributed by atoms with Crippen LogP contribution in [-0.4, -0.2) is 59.2 Å². The maximum atomic E-state index is 12.4. The molecule has 2 aromatic rings. The Morgan fingerprint density at radius 2 is 1.86 bits per heavy atom. The van der Waals surface area contributed by atoms with Gasteiger partial charge in [0.1, 0.15) is 5.88 Å². The highest BCUT2D eigenvalue weighted by Gasteiger charge is 2.25. The topological polar surface area (TPSA) is 84.6 Å². The van der Waals surface area contributed by atoms with Gasteiger partial charge < -0.3 is 14.6 Å². The molecule has 3 rings (SSSR count). The second-order valence-corrected chi connectivity index (χ2v) is 8.34. The minimum Gasteiger partial charge on any atom is -0.588 e. The first kappa shape index (κ1) is 21.3. The van der Waals surface area contributed by atoms with E-state index in [1.807, 2.05) is 37.1 Å². The summed E-state index contributed by atoms with van der Waals surface area (Å²) >= 11 is 0.956.